The third-order valence-electron chi connectivity index (χ3n) is 2.51. The zero-order valence-corrected chi connectivity index (χ0v) is 10.3. The Morgan fingerprint density at radius 1 is 1.47 bits per heavy atom. The van der Waals surface area contributed by atoms with Crippen molar-refractivity contribution < 1.29 is 0 Å². The predicted molar refractivity (Wildman–Crippen MR) is 70.4 cm³/mol. The number of anilines is 1. The van der Waals surface area contributed by atoms with Crippen molar-refractivity contribution in [3.8, 4) is 0 Å². The first-order valence-electron chi connectivity index (χ1n) is 5.11. The summed E-state index contributed by atoms with van der Waals surface area (Å²) in [6, 6.07) is 6.53. The maximum atomic E-state index is 5.51. The molecule has 3 N–H and O–H groups in total. The Morgan fingerprint density at radius 2 is 2.13 bits per heavy atom. The lowest BCUT2D eigenvalue weighted by atomic mass is 10.1. The van der Waals surface area contributed by atoms with Gasteiger partial charge in [-0.15, -0.1) is 0 Å². The second-order valence-electron chi connectivity index (χ2n) is 3.96. The zero-order valence-electron chi connectivity index (χ0n) is 9.50. The summed E-state index contributed by atoms with van der Waals surface area (Å²) in [6.07, 6.45) is 0.725. The summed E-state index contributed by atoms with van der Waals surface area (Å²) in [5, 5.41) is 3.41. The molecule has 0 aliphatic heterocycles. The quantitative estimate of drug-likeness (QED) is 0.769. The van der Waals surface area contributed by atoms with E-state index in [2.05, 4.69) is 44.3 Å². The maximum Gasteiger partial charge on any atom is 0.0747 e. The maximum absolute atomic E-state index is 5.51. The minimum Gasteiger partial charge on any atom is -0.393 e. The van der Waals surface area contributed by atoms with Gasteiger partial charge in [-0.3, -0.25) is 0 Å². The van der Waals surface area contributed by atoms with Crippen LogP contribution in [0.2, 0.25) is 0 Å². The molecule has 1 aromatic rings. The van der Waals surface area contributed by atoms with Crippen molar-refractivity contribution in [3.05, 3.63) is 29.3 Å². The number of rotatable bonds is 4. The van der Waals surface area contributed by atoms with Crippen LogP contribution < -0.4 is 11.1 Å². The molecule has 0 saturated heterocycles. The van der Waals surface area contributed by atoms with E-state index in [1.165, 1.54) is 16.8 Å². The van der Waals surface area contributed by atoms with E-state index in [4.69, 9.17) is 18.0 Å². The van der Waals surface area contributed by atoms with E-state index in [0.717, 1.165) is 6.42 Å². The number of aryl methyl sites for hydroxylation is 1. The normalized spacial score (nSPS) is 12.2. The first-order chi connectivity index (χ1) is 7.00. The van der Waals surface area contributed by atoms with Crippen LogP contribution in [-0.4, -0.2) is 11.0 Å². The number of hydrogen-bond acceptors (Lipinski definition) is 2. The Bertz CT molecular complexity index is 361. The number of nitrogens with two attached hydrogens (primary N) is 1. The highest BCUT2D eigenvalue weighted by Crippen LogP contribution is 2.19. The summed E-state index contributed by atoms with van der Waals surface area (Å²) in [6.45, 7) is 6.31. The Kier molecular flexibility index (Phi) is 4.09. The van der Waals surface area contributed by atoms with Crippen molar-refractivity contribution in [2.24, 2.45) is 5.73 Å². The first-order valence-corrected chi connectivity index (χ1v) is 5.52. The van der Waals surface area contributed by atoms with Crippen LogP contribution in [0.3, 0.4) is 0 Å². The second kappa shape index (κ2) is 5.12. The Labute approximate surface area is 96.9 Å². The van der Waals surface area contributed by atoms with E-state index >= 15 is 0 Å². The van der Waals surface area contributed by atoms with Crippen molar-refractivity contribution in [2.45, 2.75) is 33.2 Å². The molecule has 1 unspecified atom stereocenters. The first kappa shape index (κ1) is 12.0. The average molecular weight is 222 g/mol. The Morgan fingerprint density at radius 3 is 2.73 bits per heavy atom. The minimum absolute atomic E-state index is 0.281. The summed E-state index contributed by atoms with van der Waals surface area (Å²) in [7, 11) is 0. The van der Waals surface area contributed by atoms with Crippen LogP contribution in [0.1, 0.15) is 24.5 Å². The van der Waals surface area contributed by atoms with Crippen molar-refractivity contribution in [1.82, 2.24) is 0 Å². The van der Waals surface area contributed by atoms with Crippen molar-refractivity contribution in [2.75, 3.05) is 5.32 Å². The molecule has 1 atom stereocenters. The zero-order chi connectivity index (χ0) is 11.4. The number of hydrogen-bond donors (Lipinski definition) is 2. The molecule has 0 aliphatic carbocycles. The Balaban J connectivity index is 2.72. The molecule has 0 aliphatic rings. The molecule has 0 heterocycles. The van der Waals surface area contributed by atoms with Crippen LogP contribution in [0.4, 0.5) is 5.69 Å². The van der Waals surface area contributed by atoms with Crippen LogP contribution in [0.5, 0.6) is 0 Å². The van der Waals surface area contributed by atoms with E-state index in [-0.39, 0.29) is 6.04 Å². The SMILES string of the molecule is Cc1cccc(NC(C)CC(N)=S)c1C. The fraction of sp³-hybridized carbons (Fsp3) is 0.417. The molecule has 82 valence electrons. The third-order valence-corrected chi connectivity index (χ3v) is 2.68. The van der Waals surface area contributed by atoms with Gasteiger partial charge in [0.05, 0.1) is 4.99 Å². The van der Waals surface area contributed by atoms with Gasteiger partial charge in [-0.05, 0) is 38.0 Å². The largest absolute Gasteiger partial charge is 0.393 e. The van der Waals surface area contributed by atoms with Gasteiger partial charge in [0, 0.05) is 18.2 Å². The van der Waals surface area contributed by atoms with Gasteiger partial charge in [-0.2, -0.15) is 0 Å². The number of nitrogens with one attached hydrogen (secondary N) is 1. The van der Waals surface area contributed by atoms with Gasteiger partial charge in [0.25, 0.3) is 0 Å². The van der Waals surface area contributed by atoms with E-state index in [9.17, 15) is 0 Å². The monoisotopic (exact) mass is 222 g/mol. The Hall–Kier alpha value is -1.09. The lowest BCUT2D eigenvalue weighted by molar-refractivity contribution is 0.837. The summed E-state index contributed by atoms with van der Waals surface area (Å²) in [4.78, 5) is 0.556. The van der Waals surface area contributed by atoms with E-state index in [0.29, 0.717) is 4.99 Å². The van der Waals surface area contributed by atoms with Crippen LogP contribution in [-0.2, 0) is 0 Å². The smallest absolute Gasteiger partial charge is 0.0747 e. The summed E-state index contributed by atoms with van der Waals surface area (Å²) >= 11 is 4.88. The van der Waals surface area contributed by atoms with Gasteiger partial charge >= 0.3 is 0 Å². The van der Waals surface area contributed by atoms with Gasteiger partial charge in [-0.25, -0.2) is 0 Å². The summed E-state index contributed by atoms with van der Waals surface area (Å²) in [5.74, 6) is 0. The summed E-state index contributed by atoms with van der Waals surface area (Å²) in [5.41, 5.74) is 9.25. The molecule has 0 aromatic heterocycles. The molecular weight excluding hydrogens is 204 g/mol. The van der Waals surface area contributed by atoms with Gasteiger partial charge in [0.1, 0.15) is 0 Å². The molecule has 0 bridgehead atoms. The molecule has 1 aromatic carbocycles. The molecule has 3 heteroatoms. The molecular formula is C12H18N2S. The van der Waals surface area contributed by atoms with Crippen molar-refractivity contribution >= 4 is 22.9 Å². The average Bonchev–Trinajstić information content (AvgIpc) is 2.11. The van der Waals surface area contributed by atoms with Gasteiger partial charge < -0.3 is 11.1 Å². The van der Waals surface area contributed by atoms with Gasteiger partial charge in [-0.1, -0.05) is 24.4 Å². The number of benzene rings is 1. The number of thiocarbonyl (C=S) groups is 1. The van der Waals surface area contributed by atoms with Crippen LogP contribution in [0.25, 0.3) is 0 Å². The molecule has 0 saturated carbocycles. The fourth-order valence-corrected chi connectivity index (χ4v) is 1.78. The van der Waals surface area contributed by atoms with E-state index < -0.39 is 0 Å². The van der Waals surface area contributed by atoms with Crippen LogP contribution >= 0.6 is 12.2 Å². The third kappa shape index (κ3) is 3.51. The topological polar surface area (TPSA) is 38.0 Å². The fourth-order valence-electron chi connectivity index (χ4n) is 1.53. The standard InChI is InChI=1S/C12H18N2S/c1-8-5-4-6-11(10(8)3)14-9(2)7-12(13)15/h4-6,9,14H,7H2,1-3H3,(H2,13,15). The van der Waals surface area contributed by atoms with Gasteiger partial charge in [0.2, 0.25) is 0 Å². The highest BCUT2D eigenvalue weighted by Gasteiger charge is 2.06. The van der Waals surface area contributed by atoms with Crippen molar-refractivity contribution in [1.29, 1.82) is 0 Å². The minimum atomic E-state index is 0.281. The molecule has 15 heavy (non-hydrogen) atoms. The lowest BCUT2D eigenvalue weighted by Crippen LogP contribution is -2.23. The lowest BCUT2D eigenvalue weighted by Gasteiger charge is -2.17. The summed E-state index contributed by atoms with van der Waals surface area (Å²) < 4.78 is 0. The highest BCUT2D eigenvalue weighted by molar-refractivity contribution is 7.80. The van der Waals surface area contributed by atoms with E-state index in [1.54, 1.807) is 0 Å². The molecule has 0 spiro atoms. The predicted octanol–water partition coefficient (Wildman–Crippen LogP) is 2.78. The van der Waals surface area contributed by atoms with Crippen LogP contribution in [0.15, 0.2) is 18.2 Å². The molecule has 0 radical (unpaired) electrons. The molecule has 0 fully saturated rings. The van der Waals surface area contributed by atoms with Crippen LogP contribution in [0, 0.1) is 13.8 Å². The van der Waals surface area contributed by atoms with Crippen molar-refractivity contribution in [3.63, 3.8) is 0 Å². The van der Waals surface area contributed by atoms with E-state index in [1.807, 2.05) is 0 Å². The molecule has 0 amide bonds. The molecule has 1 rings (SSSR count). The second-order valence-corrected chi connectivity index (χ2v) is 4.49. The van der Waals surface area contributed by atoms with Gasteiger partial charge in [0.15, 0.2) is 0 Å². The molecule has 2 nitrogen and oxygen atoms in total. The highest BCUT2D eigenvalue weighted by atomic mass is 32.1.